The van der Waals surface area contributed by atoms with E-state index in [1.807, 2.05) is 5.32 Å². The fraction of sp³-hybridized carbons (Fsp3) is 0. The number of hydrogen-bond donors (Lipinski definition) is 1. The van der Waals surface area contributed by atoms with E-state index in [1.54, 1.807) is 0 Å². The van der Waals surface area contributed by atoms with Crippen LogP contribution < -0.4 is 10.1 Å². The van der Waals surface area contributed by atoms with E-state index in [0.29, 0.717) is 9.63 Å². The van der Waals surface area contributed by atoms with Gasteiger partial charge in [0.15, 0.2) is 12.1 Å². The minimum absolute atomic E-state index is 0. The Morgan fingerprint density at radius 2 is 2.50 bits per heavy atom. The van der Waals surface area contributed by atoms with Gasteiger partial charge in [-0.05, 0) is 4.88 Å². The number of rotatable bonds is 1. The molecule has 1 N–H and O–H groups in total. The summed E-state index contributed by atoms with van der Waals surface area (Å²) in [6, 6.07) is 0. The van der Waals surface area contributed by atoms with E-state index in [1.165, 1.54) is 17.5 Å². The van der Waals surface area contributed by atoms with Gasteiger partial charge in [0, 0.05) is 25.8 Å². The number of nitrogens with zero attached hydrogens (tertiary/aromatic N) is 2. The summed E-state index contributed by atoms with van der Waals surface area (Å²) in [5, 5.41) is 10.1. The molecule has 0 aliphatic rings. The van der Waals surface area contributed by atoms with Gasteiger partial charge in [-0.2, -0.15) is 5.26 Å². The van der Waals surface area contributed by atoms with Gasteiger partial charge >= 0.3 is 0 Å². The maximum absolute atomic E-state index is 10.9. The molecule has 12 heavy (non-hydrogen) atoms. The molecule has 0 saturated carbocycles. The maximum Gasteiger partial charge on any atom is 0.171 e. The normalized spacial score (nSPS) is 8.00. The number of carbonyl (C=O) groups is 1. The van der Waals surface area contributed by atoms with E-state index in [4.69, 9.17) is 5.26 Å². The number of thiazole rings is 1. The first kappa shape index (κ1) is 11.7. The molecule has 7 heteroatoms. The van der Waals surface area contributed by atoms with Gasteiger partial charge in [-0.3, -0.25) is 0 Å². The fourth-order valence-electron chi connectivity index (χ4n) is 0.461. The minimum atomic E-state index is -0.460. The molecule has 0 radical (unpaired) electrons. The van der Waals surface area contributed by atoms with E-state index in [-0.39, 0.29) is 21.1 Å². The molecule has 1 atom stereocenters. The second-order valence-electron chi connectivity index (χ2n) is 1.56. The van der Waals surface area contributed by atoms with Gasteiger partial charge in [0.2, 0.25) is 0 Å². The summed E-state index contributed by atoms with van der Waals surface area (Å²) < 4.78 is 0.674. The first-order valence-electron chi connectivity index (χ1n) is 2.57. The Balaban J connectivity index is 0.00000121. The Morgan fingerprint density at radius 1 is 1.83 bits per heavy atom. The van der Waals surface area contributed by atoms with Crippen LogP contribution >= 0.6 is 20.6 Å². The van der Waals surface area contributed by atoms with Crippen molar-refractivity contribution in [2.75, 3.05) is 0 Å². The number of nitrogens with one attached hydrogen (secondary N) is 1. The van der Waals surface area contributed by atoms with Crippen LogP contribution in [0.2, 0.25) is 0 Å². The second-order valence-corrected chi connectivity index (χ2v) is 3.55. The fourth-order valence-corrected chi connectivity index (χ4v) is 1.41. The standard InChI is InChI=1S/C5H3N3OPS.W/c6-2-8-4(9)3-1-7-5(10)11-3;/h10H2,(H,8,9);/q-1;. The Hall–Kier alpha value is -0.292. The molecule has 0 spiro atoms. The SMILES string of the molecule is N#CNC(=O)c1[c-]nc(P)s1.[W]. The summed E-state index contributed by atoms with van der Waals surface area (Å²) >= 11 is 1.17. The zero-order valence-electron chi connectivity index (χ0n) is 5.70. The molecule has 1 aromatic rings. The van der Waals surface area contributed by atoms with Crippen LogP contribution in [0.3, 0.4) is 0 Å². The van der Waals surface area contributed by atoms with Crippen molar-refractivity contribution in [3.05, 3.63) is 11.1 Å². The van der Waals surface area contributed by atoms with E-state index in [0.717, 1.165) is 0 Å². The molecular weight excluding hydrogens is 365 g/mol. The van der Waals surface area contributed by atoms with Crippen LogP contribution in [0.4, 0.5) is 0 Å². The van der Waals surface area contributed by atoms with Gasteiger partial charge in [-0.15, -0.1) is 9.24 Å². The molecule has 0 saturated heterocycles. The van der Waals surface area contributed by atoms with Crippen LogP contribution in [0.1, 0.15) is 9.67 Å². The van der Waals surface area contributed by atoms with Crippen LogP contribution in [0.5, 0.6) is 0 Å². The third-order valence-electron chi connectivity index (χ3n) is 0.850. The predicted molar refractivity (Wildman–Crippen MR) is 43.4 cm³/mol. The molecule has 1 amide bonds. The van der Waals surface area contributed by atoms with Crippen molar-refractivity contribution in [2.45, 2.75) is 0 Å². The van der Waals surface area contributed by atoms with Crippen molar-refractivity contribution in [3.8, 4) is 6.19 Å². The molecule has 1 rings (SSSR count). The first-order chi connectivity index (χ1) is 5.24. The third-order valence-corrected chi connectivity index (χ3v) is 2.11. The molecule has 0 fully saturated rings. The van der Waals surface area contributed by atoms with E-state index in [9.17, 15) is 4.79 Å². The molecular formula is C5H3N3OPSW-. The van der Waals surface area contributed by atoms with Crippen LogP contribution in [0.25, 0.3) is 0 Å². The molecule has 0 aliphatic heterocycles. The molecule has 0 aromatic carbocycles. The van der Waals surface area contributed by atoms with E-state index < -0.39 is 5.91 Å². The van der Waals surface area contributed by atoms with Crippen molar-refractivity contribution in [2.24, 2.45) is 0 Å². The number of amides is 1. The second kappa shape index (κ2) is 5.37. The zero-order valence-corrected chi connectivity index (χ0v) is 10.6. The van der Waals surface area contributed by atoms with Crippen molar-refractivity contribution in [3.63, 3.8) is 0 Å². The Labute approximate surface area is 89.8 Å². The van der Waals surface area contributed by atoms with Crippen LogP contribution in [0, 0.1) is 17.7 Å². The van der Waals surface area contributed by atoms with Crippen molar-refractivity contribution < 1.29 is 25.9 Å². The molecule has 1 unspecified atom stereocenters. The van der Waals surface area contributed by atoms with Crippen LogP contribution in [0.15, 0.2) is 0 Å². The van der Waals surface area contributed by atoms with Crippen LogP contribution in [-0.2, 0) is 21.1 Å². The third kappa shape index (κ3) is 2.98. The molecule has 1 heterocycles. The molecule has 1 aromatic heterocycles. The maximum atomic E-state index is 10.9. The van der Waals surface area contributed by atoms with Gasteiger partial charge in [-0.25, -0.2) is 11.3 Å². The number of aromatic nitrogens is 1. The average molecular weight is 368 g/mol. The summed E-state index contributed by atoms with van der Waals surface area (Å²) in [6.45, 7) is 0. The zero-order chi connectivity index (χ0) is 8.27. The smallest absolute Gasteiger partial charge is 0.171 e. The molecule has 62 valence electrons. The summed E-state index contributed by atoms with van der Waals surface area (Å²) in [6.07, 6.45) is 4.00. The minimum Gasteiger partial charge on any atom is -0.374 e. The van der Waals surface area contributed by atoms with Crippen molar-refractivity contribution in [1.82, 2.24) is 10.3 Å². The molecule has 0 aliphatic carbocycles. The Morgan fingerprint density at radius 3 is 2.92 bits per heavy atom. The number of hydrogen-bond acceptors (Lipinski definition) is 4. The summed E-state index contributed by atoms with van der Waals surface area (Å²) in [7, 11) is 2.34. The number of carbonyl (C=O) groups excluding carboxylic acids is 1. The van der Waals surface area contributed by atoms with Crippen molar-refractivity contribution >= 4 is 31.2 Å². The summed E-state index contributed by atoms with van der Waals surface area (Å²) in [5.74, 6) is -0.460. The first-order valence-corrected chi connectivity index (χ1v) is 3.97. The van der Waals surface area contributed by atoms with Gasteiger partial charge < -0.3 is 15.1 Å². The van der Waals surface area contributed by atoms with Gasteiger partial charge in [0.05, 0.1) is 0 Å². The monoisotopic (exact) mass is 368 g/mol. The predicted octanol–water partition coefficient (Wildman–Crippen LogP) is -0.348. The van der Waals surface area contributed by atoms with E-state index in [2.05, 4.69) is 20.4 Å². The summed E-state index contributed by atoms with van der Waals surface area (Å²) in [5.41, 5.74) is 0. The number of nitriles is 1. The largest absolute Gasteiger partial charge is 0.374 e. The van der Waals surface area contributed by atoms with Gasteiger partial charge in [0.25, 0.3) is 0 Å². The Kier molecular flexibility index (Phi) is 5.24. The Bertz CT molecular complexity index is 321. The quantitative estimate of drug-likeness (QED) is 0.319. The molecule has 4 nitrogen and oxygen atoms in total. The van der Waals surface area contributed by atoms with Gasteiger partial charge in [-0.1, -0.05) is 6.20 Å². The average Bonchev–Trinajstić information content (AvgIpc) is 2.36. The topological polar surface area (TPSA) is 65.8 Å². The molecule has 0 bridgehead atoms. The van der Waals surface area contributed by atoms with Crippen LogP contribution in [-0.4, -0.2) is 10.9 Å². The summed E-state index contributed by atoms with van der Waals surface area (Å²) in [4.78, 5) is 14.9. The van der Waals surface area contributed by atoms with Crippen molar-refractivity contribution in [1.29, 1.82) is 5.26 Å². The van der Waals surface area contributed by atoms with Gasteiger partial charge in [0.1, 0.15) is 0 Å². The van der Waals surface area contributed by atoms with E-state index >= 15 is 0 Å².